The van der Waals surface area contributed by atoms with Gasteiger partial charge in [0.1, 0.15) is 0 Å². The zero-order valence-electron chi connectivity index (χ0n) is 6.80. The molecule has 1 aliphatic rings. The van der Waals surface area contributed by atoms with Crippen molar-refractivity contribution in [2.24, 2.45) is 11.8 Å². The van der Waals surface area contributed by atoms with Gasteiger partial charge in [0, 0.05) is 12.6 Å². The average molecular weight is 143 g/mol. The largest absolute Gasteiger partial charge is 0.308 e. The second-order valence-electron chi connectivity index (χ2n) is 3.37. The van der Waals surface area contributed by atoms with E-state index in [-0.39, 0.29) is 0 Å². The SMILES string of the molecule is CN(C)CC(NN)C1CC1. The summed E-state index contributed by atoms with van der Waals surface area (Å²) in [6.07, 6.45) is 2.70. The van der Waals surface area contributed by atoms with Gasteiger partial charge in [-0.25, -0.2) is 0 Å². The van der Waals surface area contributed by atoms with Crippen LogP contribution in [0.25, 0.3) is 0 Å². The molecule has 10 heavy (non-hydrogen) atoms. The Bertz CT molecular complexity index is 99.0. The number of nitrogens with zero attached hydrogens (tertiary/aromatic N) is 1. The minimum Gasteiger partial charge on any atom is -0.308 e. The molecule has 0 radical (unpaired) electrons. The van der Waals surface area contributed by atoms with Crippen LogP contribution in [0.15, 0.2) is 0 Å². The van der Waals surface area contributed by atoms with Crippen molar-refractivity contribution in [2.45, 2.75) is 18.9 Å². The van der Waals surface area contributed by atoms with Crippen LogP contribution in [-0.2, 0) is 0 Å². The van der Waals surface area contributed by atoms with Crippen LogP contribution in [0.5, 0.6) is 0 Å². The van der Waals surface area contributed by atoms with Crippen molar-refractivity contribution in [3.63, 3.8) is 0 Å². The lowest BCUT2D eigenvalue weighted by Crippen LogP contribution is -2.43. The molecule has 0 heterocycles. The molecule has 1 rings (SSSR count). The molecule has 0 aromatic heterocycles. The van der Waals surface area contributed by atoms with E-state index < -0.39 is 0 Å². The molecule has 3 nitrogen and oxygen atoms in total. The Morgan fingerprint density at radius 3 is 2.50 bits per heavy atom. The van der Waals surface area contributed by atoms with Crippen LogP contribution in [0, 0.1) is 5.92 Å². The minimum absolute atomic E-state index is 0.509. The highest BCUT2D eigenvalue weighted by Crippen LogP contribution is 2.32. The molecule has 0 aliphatic heterocycles. The number of hydrazine groups is 1. The zero-order valence-corrected chi connectivity index (χ0v) is 6.80. The fraction of sp³-hybridized carbons (Fsp3) is 1.00. The maximum atomic E-state index is 5.39. The first-order valence-electron chi connectivity index (χ1n) is 3.85. The highest BCUT2D eigenvalue weighted by molar-refractivity contribution is 4.86. The minimum atomic E-state index is 0.509. The summed E-state index contributed by atoms with van der Waals surface area (Å²) in [5.74, 6) is 6.23. The first-order chi connectivity index (χ1) is 4.74. The molecule has 60 valence electrons. The molecule has 0 amide bonds. The van der Waals surface area contributed by atoms with Gasteiger partial charge in [-0.2, -0.15) is 0 Å². The third-order valence-corrected chi connectivity index (χ3v) is 1.97. The summed E-state index contributed by atoms with van der Waals surface area (Å²) >= 11 is 0. The predicted octanol–water partition coefficient (Wildman–Crippen LogP) is -0.210. The third kappa shape index (κ3) is 2.25. The highest BCUT2D eigenvalue weighted by atomic mass is 15.3. The van der Waals surface area contributed by atoms with Crippen LogP contribution in [-0.4, -0.2) is 31.6 Å². The molecular formula is C7H17N3. The Morgan fingerprint density at radius 1 is 1.60 bits per heavy atom. The monoisotopic (exact) mass is 143 g/mol. The first kappa shape index (κ1) is 7.98. The summed E-state index contributed by atoms with van der Waals surface area (Å²) in [7, 11) is 4.15. The number of hydrogen-bond acceptors (Lipinski definition) is 3. The standard InChI is InChI=1S/C7H17N3/c1-10(2)5-7(9-8)6-3-4-6/h6-7,9H,3-5,8H2,1-2H3. The normalized spacial score (nSPS) is 21.6. The fourth-order valence-electron chi connectivity index (χ4n) is 1.23. The average Bonchev–Trinajstić information content (AvgIpc) is 2.63. The van der Waals surface area contributed by atoms with E-state index in [1.165, 1.54) is 12.8 Å². The topological polar surface area (TPSA) is 41.3 Å². The molecule has 1 atom stereocenters. The predicted molar refractivity (Wildman–Crippen MR) is 42.4 cm³/mol. The van der Waals surface area contributed by atoms with E-state index in [9.17, 15) is 0 Å². The molecule has 3 N–H and O–H groups in total. The molecule has 0 aromatic rings. The summed E-state index contributed by atoms with van der Waals surface area (Å²) in [4.78, 5) is 2.17. The van der Waals surface area contributed by atoms with Crippen LogP contribution in [0.1, 0.15) is 12.8 Å². The van der Waals surface area contributed by atoms with Gasteiger partial charge < -0.3 is 4.90 Å². The smallest absolute Gasteiger partial charge is 0.0365 e. The van der Waals surface area contributed by atoms with E-state index in [1.54, 1.807) is 0 Å². The molecule has 1 fully saturated rings. The lowest BCUT2D eigenvalue weighted by Gasteiger charge is -2.19. The summed E-state index contributed by atoms with van der Waals surface area (Å²) in [6, 6.07) is 0.509. The Kier molecular flexibility index (Phi) is 2.65. The number of hydrogen-bond donors (Lipinski definition) is 2. The van der Waals surface area contributed by atoms with Crippen LogP contribution < -0.4 is 11.3 Å². The molecule has 0 bridgehead atoms. The van der Waals surface area contributed by atoms with Crippen LogP contribution in [0.2, 0.25) is 0 Å². The molecular weight excluding hydrogens is 126 g/mol. The van der Waals surface area contributed by atoms with Gasteiger partial charge in [-0.3, -0.25) is 11.3 Å². The van der Waals surface area contributed by atoms with E-state index >= 15 is 0 Å². The van der Waals surface area contributed by atoms with E-state index in [4.69, 9.17) is 5.84 Å². The number of likely N-dealkylation sites (N-methyl/N-ethyl adjacent to an activating group) is 1. The third-order valence-electron chi connectivity index (χ3n) is 1.97. The van der Waals surface area contributed by atoms with Gasteiger partial charge >= 0.3 is 0 Å². The fourth-order valence-corrected chi connectivity index (χ4v) is 1.23. The van der Waals surface area contributed by atoms with Gasteiger partial charge in [-0.1, -0.05) is 0 Å². The number of nitrogens with one attached hydrogen (secondary N) is 1. The first-order valence-corrected chi connectivity index (χ1v) is 3.85. The molecule has 0 spiro atoms. The van der Waals surface area contributed by atoms with Crippen LogP contribution in [0.4, 0.5) is 0 Å². The van der Waals surface area contributed by atoms with Crippen molar-refractivity contribution >= 4 is 0 Å². The van der Waals surface area contributed by atoms with Crippen molar-refractivity contribution in [1.82, 2.24) is 10.3 Å². The number of rotatable bonds is 4. The lowest BCUT2D eigenvalue weighted by atomic mass is 10.2. The van der Waals surface area contributed by atoms with Gasteiger partial charge in [-0.15, -0.1) is 0 Å². The second-order valence-corrected chi connectivity index (χ2v) is 3.37. The Labute approximate surface area is 62.5 Å². The van der Waals surface area contributed by atoms with Crippen molar-refractivity contribution in [3.8, 4) is 0 Å². The maximum absolute atomic E-state index is 5.39. The zero-order chi connectivity index (χ0) is 7.56. The van der Waals surface area contributed by atoms with E-state index in [0.717, 1.165) is 12.5 Å². The summed E-state index contributed by atoms with van der Waals surface area (Å²) in [5.41, 5.74) is 2.85. The van der Waals surface area contributed by atoms with Crippen molar-refractivity contribution in [2.75, 3.05) is 20.6 Å². The highest BCUT2D eigenvalue weighted by Gasteiger charge is 2.30. The van der Waals surface area contributed by atoms with Gasteiger partial charge in [0.05, 0.1) is 0 Å². The molecule has 1 unspecified atom stereocenters. The maximum Gasteiger partial charge on any atom is 0.0365 e. The van der Waals surface area contributed by atoms with E-state index in [0.29, 0.717) is 6.04 Å². The van der Waals surface area contributed by atoms with Gasteiger partial charge in [0.15, 0.2) is 0 Å². The van der Waals surface area contributed by atoms with Gasteiger partial charge in [-0.05, 0) is 32.9 Å². The van der Waals surface area contributed by atoms with Gasteiger partial charge in [0.2, 0.25) is 0 Å². The Balaban J connectivity index is 2.19. The van der Waals surface area contributed by atoms with Crippen LogP contribution >= 0.6 is 0 Å². The van der Waals surface area contributed by atoms with Gasteiger partial charge in [0.25, 0.3) is 0 Å². The molecule has 3 heteroatoms. The van der Waals surface area contributed by atoms with Crippen LogP contribution in [0.3, 0.4) is 0 Å². The molecule has 0 saturated heterocycles. The quantitative estimate of drug-likeness (QED) is 0.422. The molecule has 0 aromatic carbocycles. The Morgan fingerprint density at radius 2 is 2.20 bits per heavy atom. The van der Waals surface area contributed by atoms with Crippen molar-refractivity contribution < 1.29 is 0 Å². The summed E-state index contributed by atoms with van der Waals surface area (Å²) < 4.78 is 0. The lowest BCUT2D eigenvalue weighted by molar-refractivity contribution is 0.319. The van der Waals surface area contributed by atoms with E-state index in [2.05, 4.69) is 24.4 Å². The molecule has 1 aliphatic carbocycles. The summed E-state index contributed by atoms with van der Waals surface area (Å²) in [6.45, 7) is 1.06. The van der Waals surface area contributed by atoms with Crippen molar-refractivity contribution in [1.29, 1.82) is 0 Å². The Hall–Kier alpha value is -0.120. The van der Waals surface area contributed by atoms with Crippen molar-refractivity contribution in [3.05, 3.63) is 0 Å². The molecule has 1 saturated carbocycles. The summed E-state index contributed by atoms with van der Waals surface area (Å²) in [5, 5.41) is 0. The van der Waals surface area contributed by atoms with E-state index in [1.807, 2.05) is 0 Å². The second kappa shape index (κ2) is 3.32. The number of nitrogens with two attached hydrogens (primary N) is 1.